The van der Waals surface area contributed by atoms with Crippen LogP contribution in [0.15, 0.2) is 77.0 Å². The number of aromatic nitrogens is 3. The smallest absolute Gasteiger partial charge is 0.250 e. The number of nitrogens with one attached hydrogen (secondary N) is 1. The molecule has 0 aliphatic heterocycles. The number of phenols is 1. The Kier molecular flexibility index (Phi) is 8.49. The number of para-hydroxylation sites is 1. The summed E-state index contributed by atoms with van der Waals surface area (Å²) in [7, 11) is 4.64. The molecule has 1 amide bonds. The Balaban J connectivity index is 1.61. The molecule has 1 aromatic heterocycles. The highest BCUT2D eigenvalue weighted by atomic mass is 32.2. The van der Waals surface area contributed by atoms with Crippen LogP contribution in [0.4, 0.5) is 0 Å². The third-order valence-corrected chi connectivity index (χ3v) is 6.44. The number of phenolic OH excluding ortho intramolecular Hbond substituents is 1. The lowest BCUT2D eigenvalue weighted by atomic mass is 10.1. The van der Waals surface area contributed by atoms with Gasteiger partial charge in [0.2, 0.25) is 5.75 Å². The van der Waals surface area contributed by atoms with Crippen LogP contribution < -0.4 is 19.6 Å². The number of thioether (sulfide) groups is 1. The molecule has 3 aromatic carbocycles. The van der Waals surface area contributed by atoms with Crippen molar-refractivity contribution in [3.05, 3.63) is 72.3 Å². The van der Waals surface area contributed by atoms with Crippen LogP contribution in [0.1, 0.15) is 12.5 Å². The summed E-state index contributed by atoms with van der Waals surface area (Å²) in [4.78, 5) is 12.6. The van der Waals surface area contributed by atoms with Crippen molar-refractivity contribution in [1.82, 2.24) is 20.2 Å². The van der Waals surface area contributed by atoms with Crippen LogP contribution in [-0.4, -0.2) is 58.6 Å². The highest BCUT2D eigenvalue weighted by molar-refractivity contribution is 7.99. The van der Waals surface area contributed by atoms with Crippen LogP contribution in [0.25, 0.3) is 17.1 Å². The summed E-state index contributed by atoms with van der Waals surface area (Å²) in [6, 6.07) is 19.8. The Bertz CT molecular complexity index is 1430. The molecule has 0 saturated carbocycles. The number of hydrazone groups is 1. The van der Waals surface area contributed by atoms with Crippen molar-refractivity contribution in [3.63, 3.8) is 0 Å². The SMILES string of the molecule is COc1cc(-c2nnc(SCC(=O)N/N=C(/C)c3cccc(O)c3)n2-c2ccccc2)cc(OC)c1OC. The van der Waals surface area contributed by atoms with E-state index in [4.69, 9.17) is 14.2 Å². The number of aromatic hydroxyl groups is 1. The molecule has 0 aliphatic rings. The van der Waals surface area contributed by atoms with Gasteiger partial charge in [0.15, 0.2) is 22.5 Å². The van der Waals surface area contributed by atoms with Gasteiger partial charge in [-0.2, -0.15) is 5.10 Å². The fraction of sp³-hybridized carbons (Fsp3) is 0.185. The van der Waals surface area contributed by atoms with E-state index in [1.165, 1.54) is 11.8 Å². The van der Waals surface area contributed by atoms with Crippen molar-refractivity contribution >= 4 is 23.4 Å². The van der Waals surface area contributed by atoms with Gasteiger partial charge in [0.25, 0.3) is 5.91 Å². The number of hydrogen-bond donors (Lipinski definition) is 2. The Morgan fingerprint density at radius 1 is 0.974 bits per heavy atom. The Labute approximate surface area is 224 Å². The second kappa shape index (κ2) is 12.2. The van der Waals surface area contributed by atoms with Crippen LogP contribution in [0.5, 0.6) is 23.0 Å². The average molecular weight is 534 g/mol. The molecule has 0 radical (unpaired) electrons. The topological polar surface area (TPSA) is 120 Å². The summed E-state index contributed by atoms with van der Waals surface area (Å²) >= 11 is 1.22. The van der Waals surface area contributed by atoms with E-state index in [0.29, 0.717) is 45.1 Å². The normalized spacial score (nSPS) is 11.2. The lowest BCUT2D eigenvalue weighted by molar-refractivity contribution is -0.118. The second-order valence-electron chi connectivity index (χ2n) is 7.96. The number of ether oxygens (including phenoxy) is 3. The summed E-state index contributed by atoms with van der Waals surface area (Å²) in [5, 5.41) is 23.1. The zero-order valence-electron chi connectivity index (χ0n) is 21.3. The molecular formula is C27H27N5O5S. The molecule has 1 heterocycles. The molecule has 0 fully saturated rings. The molecular weight excluding hydrogens is 506 g/mol. The standard InChI is InChI=1S/C27H27N5O5S/c1-17(18-9-8-12-21(33)13-18)28-29-24(34)16-38-27-31-30-26(32(27)20-10-6-5-7-11-20)19-14-22(35-2)25(37-4)23(15-19)36-3/h5-15,33H,16H2,1-4H3,(H,29,34)/b28-17-. The number of hydrogen-bond acceptors (Lipinski definition) is 9. The molecule has 0 aliphatic carbocycles. The van der Waals surface area contributed by atoms with Gasteiger partial charge in [-0.15, -0.1) is 10.2 Å². The van der Waals surface area contributed by atoms with Gasteiger partial charge in [-0.05, 0) is 43.3 Å². The van der Waals surface area contributed by atoms with Crippen LogP contribution in [0.2, 0.25) is 0 Å². The molecule has 0 spiro atoms. The van der Waals surface area contributed by atoms with Gasteiger partial charge in [-0.1, -0.05) is 42.1 Å². The molecule has 38 heavy (non-hydrogen) atoms. The minimum absolute atomic E-state index is 0.0526. The van der Waals surface area contributed by atoms with E-state index in [1.807, 2.05) is 34.9 Å². The average Bonchev–Trinajstić information content (AvgIpc) is 3.38. The van der Waals surface area contributed by atoms with Crippen molar-refractivity contribution in [2.45, 2.75) is 12.1 Å². The number of methoxy groups -OCH3 is 3. The number of nitrogens with zero attached hydrogens (tertiary/aromatic N) is 4. The van der Waals surface area contributed by atoms with E-state index in [2.05, 4.69) is 20.7 Å². The van der Waals surface area contributed by atoms with E-state index >= 15 is 0 Å². The fourth-order valence-corrected chi connectivity index (χ4v) is 4.42. The maximum Gasteiger partial charge on any atom is 0.250 e. The van der Waals surface area contributed by atoms with Crippen molar-refractivity contribution in [2.24, 2.45) is 5.10 Å². The summed E-state index contributed by atoms with van der Waals surface area (Å²) < 4.78 is 18.3. The van der Waals surface area contributed by atoms with Crippen molar-refractivity contribution in [3.8, 4) is 40.1 Å². The molecule has 4 aromatic rings. The second-order valence-corrected chi connectivity index (χ2v) is 8.90. The Morgan fingerprint density at radius 3 is 2.32 bits per heavy atom. The highest BCUT2D eigenvalue weighted by Crippen LogP contribution is 2.41. The molecule has 0 saturated heterocycles. The number of carbonyl (C=O) groups is 1. The first-order chi connectivity index (χ1) is 18.4. The number of benzene rings is 3. The Morgan fingerprint density at radius 2 is 1.68 bits per heavy atom. The molecule has 4 rings (SSSR count). The zero-order chi connectivity index (χ0) is 27.1. The summed E-state index contributed by atoms with van der Waals surface area (Å²) in [6.07, 6.45) is 0. The Hall–Kier alpha value is -4.51. The molecule has 0 atom stereocenters. The minimum Gasteiger partial charge on any atom is -0.508 e. The van der Waals surface area contributed by atoms with Gasteiger partial charge in [0, 0.05) is 16.8 Å². The van der Waals surface area contributed by atoms with Crippen molar-refractivity contribution < 1.29 is 24.1 Å². The number of amides is 1. The maximum absolute atomic E-state index is 12.6. The molecule has 10 nitrogen and oxygen atoms in total. The van der Waals surface area contributed by atoms with E-state index in [9.17, 15) is 9.90 Å². The summed E-state index contributed by atoms with van der Waals surface area (Å²) in [6.45, 7) is 1.75. The van der Waals surface area contributed by atoms with Crippen LogP contribution >= 0.6 is 11.8 Å². The predicted octanol–water partition coefficient (Wildman–Crippen LogP) is 4.30. The van der Waals surface area contributed by atoms with Crippen LogP contribution in [-0.2, 0) is 4.79 Å². The maximum atomic E-state index is 12.6. The van der Waals surface area contributed by atoms with E-state index < -0.39 is 0 Å². The number of carbonyl (C=O) groups excluding carboxylic acids is 1. The summed E-state index contributed by atoms with van der Waals surface area (Å²) in [5.41, 5.74) is 5.34. The van der Waals surface area contributed by atoms with Gasteiger partial charge in [-0.25, -0.2) is 5.43 Å². The minimum atomic E-state index is -0.313. The molecule has 196 valence electrons. The van der Waals surface area contributed by atoms with Gasteiger partial charge in [0.1, 0.15) is 5.75 Å². The third kappa shape index (κ3) is 5.89. The fourth-order valence-electron chi connectivity index (χ4n) is 3.67. The van der Waals surface area contributed by atoms with Gasteiger partial charge in [0.05, 0.1) is 32.8 Å². The number of rotatable bonds is 10. The predicted molar refractivity (Wildman–Crippen MR) is 146 cm³/mol. The highest BCUT2D eigenvalue weighted by Gasteiger charge is 2.21. The monoisotopic (exact) mass is 533 g/mol. The van der Waals surface area contributed by atoms with Gasteiger partial charge >= 0.3 is 0 Å². The first kappa shape index (κ1) is 26.6. The van der Waals surface area contributed by atoms with Crippen LogP contribution in [0, 0.1) is 0 Å². The zero-order valence-corrected chi connectivity index (χ0v) is 22.2. The van der Waals surface area contributed by atoms with E-state index in [1.54, 1.807) is 64.7 Å². The quantitative estimate of drug-likeness (QED) is 0.176. The first-order valence-electron chi connectivity index (χ1n) is 11.5. The van der Waals surface area contributed by atoms with Crippen molar-refractivity contribution in [2.75, 3.05) is 27.1 Å². The van der Waals surface area contributed by atoms with Crippen LogP contribution in [0.3, 0.4) is 0 Å². The third-order valence-electron chi connectivity index (χ3n) is 5.52. The van der Waals surface area contributed by atoms with Gasteiger partial charge in [-0.3, -0.25) is 9.36 Å². The largest absolute Gasteiger partial charge is 0.508 e. The van der Waals surface area contributed by atoms with E-state index in [0.717, 1.165) is 5.69 Å². The van der Waals surface area contributed by atoms with Gasteiger partial charge < -0.3 is 19.3 Å². The molecule has 11 heteroatoms. The molecule has 2 N–H and O–H groups in total. The summed E-state index contributed by atoms with van der Waals surface area (Å²) in [5.74, 6) is 1.84. The van der Waals surface area contributed by atoms with Crippen molar-refractivity contribution in [1.29, 1.82) is 0 Å². The molecule has 0 bridgehead atoms. The lowest BCUT2D eigenvalue weighted by Crippen LogP contribution is -2.21. The first-order valence-corrected chi connectivity index (χ1v) is 12.5. The van der Waals surface area contributed by atoms with E-state index in [-0.39, 0.29) is 17.4 Å². The molecule has 0 unspecified atom stereocenters. The lowest BCUT2D eigenvalue weighted by Gasteiger charge is -2.15.